The number of rotatable bonds is 4. The lowest BCUT2D eigenvalue weighted by atomic mass is 9.81. The predicted octanol–water partition coefficient (Wildman–Crippen LogP) is 0.203. The number of β-amino-alcohol motifs (C(OH)–C–C–N with tert-alkyl or cyclic N) is 1. The fourth-order valence-corrected chi connectivity index (χ4v) is 4.15. The molecule has 1 N–H and O–H groups in total. The number of fused-ring (bicyclic) bond motifs is 1. The molecule has 1 aromatic rings. The van der Waals surface area contributed by atoms with Crippen molar-refractivity contribution in [1.82, 2.24) is 19.8 Å². The highest BCUT2D eigenvalue weighted by Crippen LogP contribution is 2.33. The molecule has 0 spiro atoms. The molecule has 0 unspecified atom stereocenters. The van der Waals surface area contributed by atoms with E-state index in [1.165, 1.54) is 12.8 Å². The Morgan fingerprint density at radius 2 is 2.12 bits per heavy atom. The summed E-state index contributed by atoms with van der Waals surface area (Å²) in [6.45, 7) is 5.84. The topological polar surface area (TPSA) is 72.8 Å². The van der Waals surface area contributed by atoms with Gasteiger partial charge in [0.2, 0.25) is 5.95 Å². The average Bonchev–Trinajstić information content (AvgIpc) is 2.81. The van der Waals surface area contributed by atoms with Gasteiger partial charge in [0.15, 0.2) is 0 Å². The largest absolute Gasteiger partial charge is 0.395 e. The average molecular weight is 331 g/mol. The highest BCUT2D eigenvalue weighted by atomic mass is 16.3. The molecular formula is C17H25N5O2. The summed E-state index contributed by atoms with van der Waals surface area (Å²) in [5.41, 5.74) is 1.49. The molecule has 130 valence electrons. The number of anilines is 1. The van der Waals surface area contributed by atoms with E-state index >= 15 is 0 Å². The van der Waals surface area contributed by atoms with Gasteiger partial charge in [-0.2, -0.15) is 0 Å². The lowest BCUT2D eigenvalue weighted by molar-refractivity contribution is 0.0816. The lowest BCUT2D eigenvalue weighted by Crippen LogP contribution is -2.54. The molecule has 1 aromatic heterocycles. The van der Waals surface area contributed by atoms with Gasteiger partial charge >= 0.3 is 0 Å². The third-order valence-electron chi connectivity index (χ3n) is 5.64. The summed E-state index contributed by atoms with van der Waals surface area (Å²) in [5, 5.41) is 9.13. The van der Waals surface area contributed by atoms with Crippen molar-refractivity contribution in [2.75, 3.05) is 51.3 Å². The van der Waals surface area contributed by atoms with Gasteiger partial charge in [-0.15, -0.1) is 0 Å². The van der Waals surface area contributed by atoms with E-state index in [9.17, 15) is 4.79 Å². The van der Waals surface area contributed by atoms with Crippen LogP contribution in [0.3, 0.4) is 0 Å². The number of hydrogen-bond donors (Lipinski definition) is 1. The van der Waals surface area contributed by atoms with Crippen LogP contribution in [0.1, 0.15) is 28.9 Å². The Hall–Kier alpha value is -1.73. The van der Waals surface area contributed by atoms with Crippen LogP contribution in [0.2, 0.25) is 0 Å². The molecule has 2 fully saturated rings. The Bertz CT molecular complexity index is 629. The number of likely N-dealkylation sites (tertiary alicyclic amines) is 1. The number of carbonyl (C=O) groups is 1. The molecule has 0 bridgehead atoms. The Morgan fingerprint density at radius 3 is 2.92 bits per heavy atom. The summed E-state index contributed by atoms with van der Waals surface area (Å²) in [6, 6.07) is 0. The molecule has 7 heteroatoms. The zero-order valence-electron chi connectivity index (χ0n) is 14.2. The molecule has 2 saturated heterocycles. The summed E-state index contributed by atoms with van der Waals surface area (Å²) in [6.07, 6.45) is 4.19. The lowest BCUT2D eigenvalue weighted by Gasteiger charge is -2.46. The first kappa shape index (κ1) is 15.8. The molecule has 1 atom stereocenters. The van der Waals surface area contributed by atoms with Crippen LogP contribution < -0.4 is 4.90 Å². The minimum absolute atomic E-state index is 0.0178. The van der Waals surface area contributed by atoms with Gasteiger partial charge in [-0.05, 0) is 31.2 Å². The van der Waals surface area contributed by atoms with Crippen molar-refractivity contribution in [3.8, 4) is 0 Å². The zero-order valence-corrected chi connectivity index (χ0v) is 14.2. The van der Waals surface area contributed by atoms with Gasteiger partial charge < -0.3 is 19.8 Å². The highest BCUT2D eigenvalue weighted by Gasteiger charge is 2.37. The molecule has 3 aliphatic heterocycles. The maximum Gasteiger partial charge on any atom is 0.257 e. The number of aliphatic hydroxyl groups is 1. The van der Waals surface area contributed by atoms with Gasteiger partial charge in [-0.25, -0.2) is 9.97 Å². The van der Waals surface area contributed by atoms with Crippen LogP contribution in [0, 0.1) is 11.8 Å². The monoisotopic (exact) mass is 331 g/mol. The SMILES string of the molecule is CN1Cc2nc(N3CC([C@H]4CCCN(CCO)C4)C3)ncc2C1=O. The number of hydrogen-bond acceptors (Lipinski definition) is 6. The zero-order chi connectivity index (χ0) is 16.7. The molecule has 4 heterocycles. The second kappa shape index (κ2) is 6.29. The molecule has 7 nitrogen and oxygen atoms in total. The number of nitrogens with zero attached hydrogens (tertiary/aromatic N) is 5. The Balaban J connectivity index is 1.36. The Morgan fingerprint density at radius 1 is 1.29 bits per heavy atom. The van der Waals surface area contributed by atoms with Crippen LogP contribution in [0.4, 0.5) is 5.95 Å². The number of aliphatic hydroxyl groups excluding tert-OH is 1. The fourth-order valence-electron chi connectivity index (χ4n) is 4.15. The normalized spacial score (nSPS) is 25.1. The van der Waals surface area contributed by atoms with Crippen molar-refractivity contribution in [2.24, 2.45) is 11.8 Å². The van der Waals surface area contributed by atoms with Crippen molar-refractivity contribution in [1.29, 1.82) is 0 Å². The first-order valence-corrected chi connectivity index (χ1v) is 8.85. The van der Waals surface area contributed by atoms with Gasteiger partial charge in [0, 0.05) is 39.4 Å². The van der Waals surface area contributed by atoms with Crippen molar-refractivity contribution in [3.63, 3.8) is 0 Å². The van der Waals surface area contributed by atoms with Crippen molar-refractivity contribution in [2.45, 2.75) is 19.4 Å². The molecular weight excluding hydrogens is 306 g/mol. The summed E-state index contributed by atoms with van der Waals surface area (Å²) >= 11 is 0. The van der Waals surface area contributed by atoms with Crippen LogP contribution in [-0.2, 0) is 6.54 Å². The minimum Gasteiger partial charge on any atom is -0.395 e. The summed E-state index contributed by atoms with van der Waals surface area (Å²) in [7, 11) is 1.80. The maximum absolute atomic E-state index is 11.9. The maximum atomic E-state index is 11.9. The van der Waals surface area contributed by atoms with E-state index in [4.69, 9.17) is 5.11 Å². The molecule has 0 aliphatic carbocycles. The molecule has 1 amide bonds. The third kappa shape index (κ3) is 2.75. The second-order valence-electron chi connectivity index (χ2n) is 7.28. The van der Waals surface area contributed by atoms with Crippen LogP contribution in [-0.4, -0.2) is 77.2 Å². The Kier molecular flexibility index (Phi) is 4.14. The standard InChI is InChI=1S/C17H25N5O2/c1-20-11-15-14(16(20)24)7-18-17(19-15)22-9-13(10-22)12-3-2-4-21(8-12)5-6-23/h7,12-13,23H,2-6,8-11H2,1H3/t12-/m0/s1. The molecule has 4 rings (SSSR count). The van der Waals surface area contributed by atoms with Crippen LogP contribution in [0.25, 0.3) is 0 Å². The number of aromatic nitrogens is 2. The van der Waals surface area contributed by atoms with Gasteiger partial charge in [-0.1, -0.05) is 0 Å². The van der Waals surface area contributed by atoms with Crippen LogP contribution in [0.15, 0.2) is 6.20 Å². The van der Waals surface area contributed by atoms with E-state index < -0.39 is 0 Å². The minimum atomic E-state index is 0.0178. The van der Waals surface area contributed by atoms with Crippen molar-refractivity contribution < 1.29 is 9.90 Å². The number of piperidine rings is 1. The van der Waals surface area contributed by atoms with Gasteiger partial charge in [0.05, 0.1) is 24.4 Å². The highest BCUT2D eigenvalue weighted by molar-refractivity contribution is 5.97. The molecule has 0 radical (unpaired) electrons. The van der Waals surface area contributed by atoms with Crippen molar-refractivity contribution in [3.05, 3.63) is 17.5 Å². The quantitative estimate of drug-likeness (QED) is 0.850. The smallest absolute Gasteiger partial charge is 0.257 e. The molecule has 3 aliphatic rings. The number of carbonyl (C=O) groups excluding carboxylic acids is 1. The first-order chi connectivity index (χ1) is 11.7. The van der Waals surface area contributed by atoms with Gasteiger partial charge in [0.1, 0.15) is 0 Å². The first-order valence-electron chi connectivity index (χ1n) is 8.85. The molecule has 24 heavy (non-hydrogen) atoms. The molecule has 0 saturated carbocycles. The van der Waals surface area contributed by atoms with Crippen molar-refractivity contribution >= 4 is 11.9 Å². The van der Waals surface area contributed by atoms with E-state index in [2.05, 4.69) is 19.8 Å². The second-order valence-corrected chi connectivity index (χ2v) is 7.28. The van der Waals surface area contributed by atoms with Gasteiger partial charge in [0.25, 0.3) is 5.91 Å². The predicted molar refractivity (Wildman–Crippen MR) is 89.8 cm³/mol. The summed E-state index contributed by atoms with van der Waals surface area (Å²) < 4.78 is 0. The summed E-state index contributed by atoms with van der Waals surface area (Å²) in [5.74, 6) is 2.18. The van der Waals surface area contributed by atoms with Crippen LogP contribution >= 0.6 is 0 Å². The van der Waals surface area contributed by atoms with E-state index in [-0.39, 0.29) is 12.5 Å². The van der Waals surface area contributed by atoms with E-state index in [0.29, 0.717) is 23.9 Å². The van der Waals surface area contributed by atoms with E-state index in [0.717, 1.165) is 44.4 Å². The molecule has 0 aromatic carbocycles. The number of amides is 1. The van der Waals surface area contributed by atoms with E-state index in [1.54, 1.807) is 18.1 Å². The fraction of sp³-hybridized carbons (Fsp3) is 0.706. The van der Waals surface area contributed by atoms with Crippen LogP contribution in [0.5, 0.6) is 0 Å². The Labute approximate surface area is 142 Å². The summed E-state index contributed by atoms with van der Waals surface area (Å²) in [4.78, 5) is 27.2. The van der Waals surface area contributed by atoms with E-state index in [1.807, 2.05) is 0 Å². The van der Waals surface area contributed by atoms with Gasteiger partial charge in [-0.3, -0.25) is 4.79 Å². The third-order valence-corrected chi connectivity index (χ3v) is 5.64.